The Bertz CT molecular complexity index is 423. The van der Waals surface area contributed by atoms with Gasteiger partial charge in [0.2, 0.25) is 5.96 Å². The topological polar surface area (TPSA) is 103 Å². The number of benzene rings is 1. The van der Waals surface area contributed by atoms with Crippen molar-refractivity contribution in [2.75, 3.05) is 0 Å². The summed E-state index contributed by atoms with van der Waals surface area (Å²) in [7, 11) is 0. The predicted octanol–water partition coefficient (Wildman–Crippen LogP) is 1.43. The van der Waals surface area contributed by atoms with Crippen LogP contribution >= 0.6 is 31.9 Å². The fourth-order valence-corrected chi connectivity index (χ4v) is 1.99. The minimum absolute atomic E-state index is 0.0121. The van der Waals surface area contributed by atoms with Crippen LogP contribution in [0.15, 0.2) is 37.1 Å². The van der Waals surface area contributed by atoms with Gasteiger partial charge < -0.3 is 17.2 Å². The number of aliphatic imine (C=N–C) groups is 2. The van der Waals surface area contributed by atoms with E-state index in [1.807, 2.05) is 12.1 Å². The second-order valence-electron chi connectivity index (χ2n) is 2.60. The molecule has 0 aliphatic rings. The van der Waals surface area contributed by atoms with E-state index >= 15 is 0 Å². The van der Waals surface area contributed by atoms with Crippen LogP contribution in [-0.4, -0.2) is 11.9 Å². The van der Waals surface area contributed by atoms with E-state index in [9.17, 15) is 0 Å². The van der Waals surface area contributed by atoms with Crippen molar-refractivity contribution in [3.05, 3.63) is 27.1 Å². The van der Waals surface area contributed by atoms with E-state index in [0.717, 1.165) is 8.95 Å². The lowest BCUT2D eigenvalue weighted by Crippen LogP contribution is -2.26. The van der Waals surface area contributed by atoms with Crippen molar-refractivity contribution >= 4 is 49.5 Å². The Morgan fingerprint density at radius 1 is 1.13 bits per heavy atom. The molecule has 15 heavy (non-hydrogen) atoms. The van der Waals surface area contributed by atoms with Gasteiger partial charge in [-0.3, -0.25) is 0 Å². The van der Waals surface area contributed by atoms with Crippen molar-refractivity contribution in [1.29, 1.82) is 0 Å². The molecule has 0 saturated carbocycles. The molecule has 5 nitrogen and oxygen atoms in total. The van der Waals surface area contributed by atoms with Gasteiger partial charge in [-0.1, -0.05) is 15.9 Å². The van der Waals surface area contributed by atoms with Gasteiger partial charge in [0.15, 0.2) is 5.96 Å². The lowest BCUT2D eigenvalue weighted by molar-refractivity contribution is 1.37. The van der Waals surface area contributed by atoms with Gasteiger partial charge >= 0.3 is 0 Å². The molecule has 0 unspecified atom stereocenters. The zero-order valence-corrected chi connectivity index (χ0v) is 10.8. The van der Waals surface area contributed by atoms with E-state index in [1.54, 1.807) is 6.07 Å². The van der Waals surface area contributed by atoms with E-state index in [2.05, 4.69) is 41.8 Å². The van der Waals surface area contributed by atoms with Crippen molar-refractivity contribution < 1.29 is 0 Å². The summed E-state index contributed by atoms with van der Waals surface area (Å²) in [6, 6.07) is 5.47. The molecule has 0 aliphatic carbocycles. The molecule has 0 amide bonds. The highest BCUT2D eigenvalue weighted by atomic mass is 79.9. The van der Waals surface area contributed by atoms with E-state index in [1.165, 1.54) is 0 Å². The van der Waals surface area contributed by atoms with Crippen molar-refractivity contribution in [2.45, 2.75) is 0 Å². The van der Waals surface area contributed by atoms with Crippen molar-refractivity contribution in [2.24, 2.45) is 27.2 Å². The number of hydrogen-bond donors (Lipinski definition) is 3. The summed E-state index contributed by atoms with van der Waals surface area (Å²) in [6.07, 6.45) is 0. The fraction of sp³-hybridized carbons (Fsp3) is 0. The fourth-order valence-electron chi connectivity index (χ4n) is 0.853. The van der Waals surface area contributed by atoms with Crippen molar-refractivity contribution in [3.63, 3.8) is 0 Å². The minimum Gasteiger partial charge on any atom is -0.370 e. The average molecular weight is 335 g/mol. The Morgan fingerprint density at radius 3 is 2.33 bits per heavy atom. The van der Waals surface area contributed by atoms with Crippen LogP contribution in [0.25, 0.3) is 0 Å². The summed E-state index contributed by atoms with van der Waals surface area (Å²) in [5, 5.41) is 0. The lowest BCUT2D eigenvalue weighted by Gasteiger charge is -1.99. The van der Waals surface area contributed by atoms with Crippen LogP contribution in [0.2, 0.25) is 0 Å². The number of nitrogens with zero attached hydrogens (tertiary/aromatic N) is 2. The van der Waals surface area contributed by atoms with Gasteiger partial charge in [-0.05, 0) is 34.1 Å². The van der Waals surface area contributed by atoms with Gasteiger partial charge in [0.1, 0.15) is 0 Å². The maximum absolute atomic E-state index is 5.48. The first-order chi connectivity index (χ1) is 6.99. The molecule has 80 valence electrons. The van der Waals surface area contributed by atoms with Crippen LogP contribution in [-0.2, 0) is 0 Å². The highest BCUT2D eigenvalue weighted by molar-refractivity contribution is 9.11. The van der Waals surface area contributed by atoms with Crippen LogP contribution in [0.1, 0.15) is 0 Å². The molecular weight excluding hydrogens is 326 g/mol. The summed E-state index contributed by atoms with van der Waals surface area (Å²) in [5.74, 6) is -0.109. The average Bonchev–Trinajstić information content (AvgIpc) is 2.08. The minimum atomic E-state index is -0.121. The first-order valence-corrected chi connectivity index (χ1v) is 5.46. The van der Waals surface area contributed by atoms with Gasteiger partial charge in [0.05, 0.1) is 5.69 Å². The molecule has 1 aromatic rings. The SMILES string of the molecule is NC(N)=NC(N)=Nc1ccc(Br)cc1Br. The normalized spacial score (nSPS) is 11.2. The molecule has 6 N–H and O–H groups in total. The number of nitrogens with two attached hydrogens (primary N) is 3. The molecule has 0 radical (unpaired) electrons. The highest BCUT2D eigenvalue weighted by Gasteiger charge is 1.99. The number of guanidine groups is 2. The number of hydrogen-bond acceptors (Lipinski definition) is 1. The highest BCUT2D eigenvalue weighted by Crippen LogP contribution is 2.28. The number of rotatable bonds is 1. The van der Waals surface area contributed by atoms with Gasteiger partial charge in [0.25, 0.3) is 0 Å². The Labute approximate surface area is 104 Å². The van der Waals surface area contributed by atoms with Crippen LogP contribution < -0.4 is 17.2 Å². The molecule has 1 rings (SSSR count). The second-order valence-corrected chi connectivity index (χ2v) is 4.37. The second kappa shape index (κ2) is 5.13. The van der Waals surface area contributed by atoms with Gasteiger partial charge in [-0.2, -0.15) is 4.99 Å². The molecule has 0 aromatic heterocycles. The summed E-state index contributed by atoms with van der Waals surface area (Å²) in [4.78, 5) is 7.62. The summed E-state index contributed by atoms with van der Waals surface area (Å²) in [5.41, 5.74) is 16.5. The molecular formula is C8H9Br2N5. The summed E-state index contributed by atoms with van der Waals surface area (Å²) in [6.45, 7) is 0. The Morgan fingerprint density at radius 2 is 1.80 bits per heavy atom. The smallest absolute Gasteiger partial charge is 0.223 e. The Hall–Kier alpha value is -1.08. The quantitative estimate of drug-likeness (QED) is 0.534. The third-order valence-electron chi connectivity index (χ3n) is 1.39. The zero-order valence-electron chi connectivity index (χ0n) is 7.61. The zero-order chi connectivity index (χ0) is 11.4. The monoisotopic (exact) mass is 333 g/mol. The molecule has 0 aliphatic heterocycles. The molecule has 0 fully saturated rings. The molecule has 0 bridgehead atoms. The van der Waals surface area contributed by atoms with E-state index in [-0.39, 0.29) is 11.9 Å². The third-order valence-corrected chi connectivity index (χ3v) is 2.52. The maximum Gasteiger partial charge on any atom is 0.223 e. The number of halogens is 2. The summed E-state index contributed by atoms with van der Waals surface area (Å²) < 4.78 is 1.74. The molecule has 0 heterocycles. The van der Waals surface area contributed by atoms with E-state index in [4.69, 9.17) is 17.2 Å². The largest absolute Gasteiger partial charge is 0.370 e. The first kappa shape index (κ1) is 12.0. The lowest BCUT2D eigenvalue weighted by atomic mass is 10.3. The molecule has 0 saturated heterocycles. The molecule has 7 heteroatoms. The molecule has 0 atom stereocenters. The Kier molecular flexibility index (Phi) is 4.10. The molecule has 0 spiro atoms. The predicted molar refractivity (Wildman–Crippen MR) is 68.9 cm³/mol. The van der Waals surface area contributed by atoms with Crippen LogP contribution in [0.4, 0.5) is 5.69 Å². The van der Waals surface area contributed by atoms with Crippen LogP contribution in [0.5, 0.6) is 0 Å². The van der Waals surface area contributed by atoms with Crippen LogP contribution in [0.3, 0.4) is 0 Å². The third kappa shape index (κ3) is 3.88. The molecule has 1 aromatic carbocycles. The maximum atomic E-state index is 5.48. The van der Waals surface area contributed by atoms with Crippen molar-refractivity contribution in [1.82, 2.24) is 0 Å². The van der Waals surface area contributed by atoms with Gasteiger partial charge in [-0.15, -0.1) is 0 Å². The van der Waals surface area contributed by atoms with E-state index in [0.29, 0.717) is 5.69 Å². The Balaban J connectivity index is 3.03. The van der Waals surface area contributed by atoms with Crippen LogP contribution in [0, 0.1) is 0 Å². The first-order valence-electron chi connectivity index (χ1n) is 3.88. The van der Waals surface area contributed by atoms with Gasteiger partial charge in [0, 0.05) is 8.95 Å². The van der Waals surface area contributed by atoms with E-state index < -0.39 is 0 Å². The standard InChI is InChI=1S/C8H9Br2N5/c9-4-1-2-6(5(10)3-4)14-8(13)15-7(11)12/h1-3H,(H6,11,12,13,14,15). The van der Waals surface area contributed by atoms with Gasteiger partial charge in [-0.25, -0.2) is 4.99 Å². The summed E-state index contributed by atoms with van der Waals surface area (Å²) >= 11 is 6.66. The van der Waals surface area contributed by atoms with Crippen molar-refractivity contribution in [3.8, 4) is 0 Å².